The van der Waals surface area contributed by atoms with Crippen molar-refractivity contribution in [2.45, 2.75) is 17.9 Å². The largest absolute Gasteiger partial charge is 0.479 e. The van der Waals surface area contributed by atoms with Gasteiger partial charge in [-0.1, -0.05) is 11.6 Å². The van der Waals surface area contributed by atoms with E-state index in [-0.39, 0.29) is 16.4 Å². The molecule has 0 radical (unpaired) electrons. The molecule has 24 heavy (non-hydrogen) atoms. The number of ether oxygens (including phenoxy) is 2. The van der Waals surface area contributed by atoms with Crippen LogP contribution in [0.25, 0.3) is 0 Å². The van der Waals surface area contributed by atoms with Crippen LogP contribution in [0.1, 0.15) is 6.92 Å². The van der Waals surface area contributed by atoms with Crippen molar-refractivity contribution in [2.75, 3.05) is 6.26 Å². The summed E-state index contributed by atoms with van der Waals surface area (Å²) < 4.78 is 33.9. The molecule has 0 fully saturated rings. The number of aliphatic carboxylic acids is 1. The molecule has 0 unspecified atom stereocenters. The van der Waals surface area contributed by atoms with Crippen LogP contribution in [0.4, 0.5) is 0 Å². The van der Waals surface area contributed by atoms with Gasteiger partial charge in [0, 0.05) is 17.3 Å². The van der Waals surface area contributed by atoms with Gasteiger partial charge in [-0.3, -0.25) is 0 Å². The first kappa shape index (κ1) is 18.1. The Balaban J connectivity index is 2.28. The highest BCUT2D eigenvalue weighted by molar-refractivity contribution is 7.90. The molecule has 2 aromatic carbocycles. The summed E-state index contributed by atoms with van der Waals surface area (Å²) in [5.74, 6) is -0.324. The maximum Gasteiger partial charge on any atom is 0.344 e. The monoisotopic (exact) mass is 370 g/mol. The average Bonchev–Trinajstić information content (AvgIpc) is 2.49. The number of hydrogen-bond acceptors (Lipinski definition) is 5. The summed E-state index contributed by atoms with van der Waals surface area (Å²) in [7, 11) is -3.30. The highest BCUT2D eigenvalue weighted by atomic mass is 35.5. The molecule has 128 valence electrons. The molecule has 0 spiro atoms. The number of carbonyl (C=O) groups is 1. The third-order valence-electron chi connectivity index (χ3n) is 3.04. The Morgan fingerprint density at radius 3 is 2.29 bits per heavy atom. The van der Waals surface area contributed by atoms with Crippen LogP contribution in [-0.4, -0.2) is 31.9 Å². The summed E-state index contributed by atoms with van der Waals surface area (Å²) in [6.45, 7) is 1.39. The SMILES string of the molecule is C[C@H](Oc1ccc(Cl)cc1Oc1ccc(S(C)(=O)=O)cc1)C(=O)O. The number of carboxylic acid groups (broad SMARTS) is 1. The first-order valence-corrected chi connectivity index (χ1v) is 9.11. The number of sulfone groups is 1. The Hall–Kier alpha value is -2.25. The molecule has 0 amide bonds. The molecule has 2 rings (SSSR count). The second-order valence-electron chi connectivity index (χ2n) is 5.04. The van der Waals surface area contributed by atoms with Gasteiger partial charge in [-0.2, -0.15) is 0 Å². The van der Waals surface area contributed by atoms with E-state index in [9.17, 15) is 13.2 Å². The summed E-state index contributed by atoms with van der Waals surface area (Å²) in [6, 6.07) is 10.3. The van der Waals surface area contributed by atoms with Gasteiger partial charge in [-0.05, 0) is 43.3 Å². The number of halogens is 1. The van der Waals surface area contributed by atoms with Crippen LogP contribution in [0, 0.1) is 0 Å². The predicted molar refractivity (Wildman–Crippen MR) is 88.8 cm³/mol. The minimum absolute atomic E-state index is 0.164. The fourth-order valence-corrected chi connectivity index (χ4v) is 2.57. The Kier molecular flexibility index (Phi) is 5.36. The van der Waals surface area contributed by atoms with Crippen LogP contribution in [0.3, 0.4) is 0 Å². The lowest BCUT2D eigenvalue weighted by Gasteiger charge is -2.15. The van der Waals surface area contributed by atoms with Gasteiger partial charge in [0.05, 0.1) is 4.90 Å². The van der Waals surface area contributed by atoms with Crippen LogP contribution < -0.4 is 9.47 Å². The zero-order valence-electron chi connectivity index (χ0n) is 12.9. The summed E-state index contributed by atoms with van der Waals surface area (Å²) in [5.41, 5.74) is 0. The summed E-state index contributed by atoms with van der Waals surface area (Å²) in [6.07, 6.45) is 0.0418. The van der Waals surface area contributed by atoms with E-state index in [4.69, 9.17) is 26.2 Å². The first-order chi connectivity index (χ1) is 11.2. The fourth-order valence-electron chi connectivity index (χ4n) is 1.78. The molecule has 6 nitrogen and oxygen atoms in total. The van der Waals surface area contributed by atoms with Gasteiger partial charge in [-0.25, -0.2) is 13.2 Å². The van der Waals surface area contributed by atoms with E-state index < -0.39 is 21.9 Å². The van der Waals surface area contributed by atoms with Gasteiger partial charge in [0.25, 0.3) is 0 Å². The standard InChI is InChI=1S/C16H15ClO6S/c1-10(16(18)19)22-14-8-3-11(17)9-15(14)23-12-4-6-13(7-5-12)24(2,20)21/h3-10H,1-2H3,(H,18,19)/t10-/m0/s1. The van der Waals surface area contributed by atoms with Crippen LogP contribution in [0.2, 0.25) is 5.02 Å². The Morgan fingerprint density at radius 2 is 1.75 bits per heavy atom. The lowest BCUT2D eigenvalue weighted by atomic mass is 10.3. The van der Waals surface area contributed by atoms with Gasteiger partial charge in [-0.15, -0.1) is 0 Å². The highest BCUT2D eigenvalue weighted by Gasteiger charge is 2.16. The molecule has 2 aromatic rings. The van der Waals surface area contributed by atoms with E-state index in [2.05, 4.69) is 0 Å². The molecular formula is C16H15ClO6S. The van der Waals surface area contributed by atoms with Gasteiger partial charge in [0.15, 0.2) is 27.4 Å². The molecule has 0 saturated heterocycles. The number of carboxylic acids is 1. The molecule has 1 atom stereocenters. The van der Waals surface area contributed by atoms with E-state index in [1.54, 1.807) is 6.07 Å². The van der Waals surface area contributed by atoms with Gasteiger partial charge >= 0.3 is 5.97 Å². The molecule has 0 aromatic heterocycles. The van der Waals surface area contributed by atoms with Crippen LogP contribution >= 0.6 is 11.6 Å². The molecule has 0 bridgehead atoms. The van der Waals surface area contributed by atoms with Gasteiger partial charge in [0.2, 0.25) is 0 Å². The lowest BCUT2D eigenvalue weighted by Crippen LogP contribution is -2.23. The molecule has 8 heteroatoms. The minimum Gasteiger partial charge on any atom is -0.479 e. The average molecular weight is 371 g/mol. The highest BCUT2D eigenvalue weighted by Crippen LogP contribution is 2.35. The number of hydrogen-bond donors (Lipinski definition) is 1. The third kappa shape index (κ3) is 4.62. The van der Waals surface area contributed by atoms with Crippen LogP contribution in [-0.2, 0) is 14.6 Å². The summed E-state index contributed by atoms with van der Waals surface area (Å²) in [4.78, 5) is 11.1. The Labute approximate surface area is 144 Å². The van der Waals surface area contributed by atoms with Gasteiger partial charge < -0.3 is 14.6 Å². The number of rotatable bonds is 6. The first-order valence-electron chi connectivity index (χ1n) is 6.84. The topological polar surface area (TPSA) is 89.9 Å². The zero-order valence-corrected chi connectivity index (χ0v) is 14.5. The Bertz CT molecular complexity index is 845. The summed E-state index contributed by atoms with van der Waals surface area (Å²) >= 11 is 5.94. The quantitative estimate of drug-likeness (QED) is 0.838. The van der Waals surface area contributed by atoms with Crippen molar-refractivity contribution in [3.8, 4) is 17.2 Å². The second kappa shape index (κ2) is 7.11. The maximum atomic E-state index is 11.5. The minimum atomic E-state index is -3.30. The van der Waals surface area contributed by atoms with E-state index in [1.165, 1.54) is 43.3 Å². The maximum absolute atomic E-state index is 11.5. The van der Waals surface area contributed by atoms with E-state index in [0.717, 1.165) is 6.26 Å². The molecule has 0 aliphatic rings. The van der Waals surface area contributed by atoms with Crippen LogP contribution in [0.5, 0.6) is 17.2 Å². The van der Waals surface area contributed by atoms with E-state index >= 15 is 0 Å². The van der Waals surface area contributed by atoms with Crippen molar-refractivity contribution >= 4 is 27.4 Å². The smallest absolute Gasteiger partial charge is 0.344 e. The summed E-state index contributed by atoms with van der Waals surface area (Å²) in [5, 5.41) is 9.32. The fraction of sp³-hybridized carbons (Fsp3) is 0.188. The second-order valence-corrected chi connectivity index (χ2v) is 7.49. The van der Waals surface area contributed by atoms with Crippen molar-refractivity contribution in [1.29, 1.82) is 0 Å². The molecule has 0 aliphatic heterocycles. The van der Waals surface area contributed by atoms with Crippen molar-refractivity contribution in [1.82, 2.24) is 0 Å². The lowest BCUT2D eigenvalue weighted by molar-refractivity contribution is -0.144. The molecule has 0 aliphatic carbocycles. The van der Waals surface area contributed by atoms with E-state index in [1.807, 2.05) is 0 Å². The molecular weight excluding hydrogens is 356 g/mol. The number of benzene rings is 2. The zero-order chi connectivity index (χ0) is 17.9. The Morgan fingerprint density at radius 1 is 1.12 bits per heavy atom. The van der Waals surface area contributed by atoms with Crippen molar-refractivity contribution in [2.24, 2.45) is 0 Å². The molecule has 0 saturated carbocycles. The van der Waals surface area contributed by atoms with Crippen molar-refractivity contribution in [3.63, 3.8) is 0 Å². The van der Waals surface area contributed by atoms with E-state index in [0.29, 0.717) is 10.8 Å². The predicted octanol–water partition coefficient (Wildman–Crippen LogP) is 3.39. The molecule has 0 heterocycles. The van der Waals surface area contributed by atoms with Crippen molar-refractivity contribution < 1.29 is 27.8 Å². The van der Waals surface area contributed by atoms with Crippen molar-refractivity contribution in [3.05, 3.63) is 47.5 Å². The third-order valence-corrected chi connectivity index (χ3v) is 4.40. The van der Waals surface area contributed by atoms with Gasteiger partial charge in [0.1, 0.15) is 5.75 Å². The van der Waals surface area contributed by atoms with Crippen LogP contribution in [0.15, 0.2) is 47.4 Å². The normalized spacial score (nSPS) is 12.5. The molecule has 1 N–H and O–H groups in total.